The summed E-state index contributed by atoms with van der Waals surface area (Å²) in [4.78, 5) is 47.8. The maximum absolute atomic E-state index is 12.4. The number of carbonyl (C=O) groups excluding carboxylic acids is 3. The lowest BCUT2D eigenvalue weighted by Crippen LogP contribution is -2.53. The van der Waals surface area contributed by atoms with Crippen molar-refractivity contribution in [1.29, 1.82) is 0 Å². The minimum Gasteiger partial charge on any atom is -0.489 e. The van der Waals surface area contributed by atoms with Gasteiger partial charge in [-0.05, 0) is 87.8 Å². The maximum Gasteiger partial charge on any atom is 0.407 e. The zero-order valence-electron chi connectivity index (χ0n) is 31.7. The fourth-order valence-corrected chi connectivity index (χ4v) is 5.31. The number of amides is 1. The highest BCUT2D eigenvalue weighted by atomic mass is 16.6. The van der Waals surface area contributed by atoms with E-state index in [2.05, 4.69) is 10.1 Å². The van der Waals surface area contributed by atoms with Crippen LogP contribution in [0.25, 0.3) is 0 Å². The Bertz CT molecular complexity index is 1780. The van der Waals surface area contributed by atoms with Crippen molar-refractivity contribution in [3.63, 3.8) is 0 Å². The molecular weight excluding hydrogens is 690 g/mol. The van der Waals surface area contributed by atoms with E-state index in [-0.39, 0.29) is 19.6 Å². The molecule has 0 aliphatic heterocycles. The molecule has 4 rings (SSSR count). The Kier molecular flexibility index (Phi) is 17.1. The minimum atomic E-state index is -1.58. The number of nitrogens with one attached hydrogen (secondary N) is 1. The fraction of sp³-hybridized carbons (Fsp3) is 0.349. The number of para-hydroxylation sites is 2. The summed E-state index contributed by atoms with van der Waals surface area (Å²) in [6.07, 6.45) is 0.709. The number of esters is 2. The monoisotopic (exact) mass is 741 g/mol. The molecule has 288 valence electrons. The first-order valence-corrected chi connectivity index (χ1v) is 17.9. The lowest BCUT2D eigenvalue weighted by Gasteiger charge is -2.28. The normalized spacial score (nSPS) is 12.7. The SMILES string of the molecule is CCOC(=O)C(C)(CCc1ccccc1OCc1ccccc1)C(=O)O.CCOC(=O)C(C)(CCc1ccccc1OCc1ccccc1)NC(=O)OC. The van der Waals surface area contributed by atoms with Crippen LogP contribution < -0.4 is 14.8 Å². The largest absolute Gasteiger partial charge is 0.489 e. The molecule has 0 bridgehead atoms. The Hall–Kier alpha value is -5.84. The van der Waals surface area contributed by atoms with Gasteiger partial charge in [-0.1, -0.05) is 97.1 Å². The minimum absolute atomic E-state index is 0.132. The van der Waals surface area contributed by atoms with E-state index >= 15 is 0 Å². The number of hydrogen-bond acceptors (Lipinski definition) is 9. The third kappa shape index (κ3) is 13.0. The summed E-state index contributed by atoms with van der Waals surface area (Å²) < 4.78 is 26.6. The van der Waals surface area contributed by atoms with E-state index in [4.69, 9.17) is 18.9 Å². The Labute approximate surface area is 317 Å². The summed E-state index contributed by atoms with van der Waals surface area (Å²) >= 11 is 0. The summed E-state index contributed by atoms with van der Waals surface area (Å²) in [5.74, 6) is -0.958. The van der Waals surface area contributed by atoms with Crippen molar-refractivity contribution in [2.75, 3.05) is 20.3 Å². The van der Waals surface area contributed by atoms with Crippen molar-refractivity contribution in [1.82, 2.24) is 5.32 Å². The van der Waals surface area contributed by atoms with Crippen LogP contribution in [0, 0.1) is 5.41 Å². The zero-order chi connectivity index (χ0) is 39.4. The topological polar surface area (TPSA) is 147 Å². The molecule has 11 heteroatoms. The highest BCUT2D eigenvalue weighted by molar-refractivity contribution is 5.98. The Balaban J connectivity index is 0.000000291. The van der Waals surface area contributed by atoms with Crippen molar-refractivity contribution < 1.29 is 48.0 Å². The van der Waals surface area contributed by atoms with E-state index in [1.807, 2.05) is 109 Å². The third-order valence-electron chi connectivity index (χ3n) is 8.70. The molecule has 0 saturated heterocycles. The molecule has 4 aromatic rings. The predicted octanol–water partition coefficient (Wildman–Crippen LogP) is 7.73. The zero-order valence-corrected chi connectivity index (χ0v) is 31.7. The predicted molar refractivity (Wildman–Crippen MR) is 204 cm³/mol. The average molecular weight is 742 g/mol. The molecule has 0 spiro atoms. The van der Waals surface area contributed by atoms with Gasteiger partial charge in [-0.25, -0.2) is 9.59 Å². The van der Waals surface area contributed by atoms with Gasteiger partial charge in [0.1, 0.15) is 30.3 Å². The standard InChI is InChI=1S/C22H27NO5.C21H24O5/c1-4-27-20(24)22(2,23-21(25)26-3)15-14-18-12-8-9-13-19(18)28-16-17-10-6-5-7-11-17;1-3-25-20(24)21(2,19(22)23)14-13-17-11-7-8-12-18(17)26-15-16-9-5-4-6-10-16/h5-13H,4,14-16H2,1-3H3,(H,23,25);4-12H,3,13-15H2,1-2H3,(H,22,23). The molecule has 2 unspecified atom stereocenters. The van der Waals surface area contributed by atoms with E-state index in [0.29, 0.717) is 38.2 Å². The first kappa shape index (κ1) is 42.6. The molecule has 2 N–H and O–H groups in total. The van der Waals surface area contributed by atoms with Gasteiger partial charge in [0.15, 0.2) is 5.41 Å². The second-order valence-electron chi connectivity index (χ2n) is 12.8. The summed E-state index contributed by atoms with van der Waals surface area (Å²) in [7, 11) is 1.26. The van der Waals surface area contributed by atoms with E-state index in [1.165, 1.54) is 14.0 Å². The number of carboxylic acid groups (broad SMARTS) is 1. The number of methoxy groups -OCH3 is 1. The van der Waals surface area contributed by atoms with E-state index < -0.39 is 35.0 Å². The average Bonchev–Trinajstić information content (AvgIpc) is 3.19. The molecule has 0 aliphatic carbocycles. The van der Waals surface area contributed by atoms with E-state index in [1.54, 1.807) is 20.8 Å². The van der Waals surface area contributed by atoms with Crippen LogP contribution >= 0.6 is 0 Å². The second-order valence-corrected chi connectivity index (χ2v) is 12.8. The summed E-state index contributed by atoms with van der Waals surface area (Å²) in [6.45, 7) is 7.68. The summed E-state index contributed by atoms with van der Waals surface area (Å²) in [5.41, 5.74) is 1.14. The van der Waals surface area contributed by atoms with Gasteiger partial charge in [0.05, 0.1) is 20.3 Å². The lowest BCUT2D eigenvalue weighted by atomic mass is 9.84. The van der Waals surface area contributed by atoms with Crippen molar-refractivity contribution in [2.24, 2.45) is 5.41 Å². The molecule has 4 aromatic carbocycles. The van der Waals surface area contributed by atoms with Crippen LogP contribution in [0.2, 0.25) is 0 Å². The van der Waals surface area contributed by atoms with Crippen LogP contribution in [0.1, 0.15) is 62.8 Å². The smallest absolute Gasteiger partial charge is 0.407 e. The summed E-state index contributed by atoms with van der Waals surface area (Å²) in [5, 5.41) is 12.1. The van der Waals surface area contributed by atoms with Gasteiger partial charge in [0.2, 0.25) is 0 Å². The number of aliphatic carboxylic acids is 1. The molecule has 54 heavy (non-hydrogen) atoms. The second kappa shape index (κ2) is 21.6. The molecule has 2 atom stereocenters. The van der Waals surface area contributed by atoms with Crippen LogP contribution in [-0.4, -0.2) is 55.0 Å². The van der Waals surface area contributed by atoms with Crippen LogP contribution in [0.3, 0.4) is 0 Å². The number of ether oxygens (including phenoxy) is 5. The highest BCUT2D eigenvalue weighted by Crippen LogP contribution is 2.30. The van der Waals surface area contributed by atoms with Gasteiger partial charge in [-0.3, -0.25) is 9.59 Å². The Morgan fingerprint density at radius 2 is 1.04 bits per heavy atom. The van der Waals surface area contributed by atoms with Crippen molar-refractivity contribution >= 4 is 24.0 Å². The van der Waals surface area contributed by atoms with Crippen LogP contribution in [0.4, 0.5) is 4.79 Å². The molecule has 11 nitrogen and oxygen atoms in total. The molecule has 0 radical (unpaired) electrons. The number of aryl methyl sites for hydroxylation is 2. The number of rotatable bonds is 18. The van der Waals surface area contributed by atoms with Crippen molar-refractivity contribution in [2.45, 2.75) is 72.1 Å². The molecular formula is C43H51NO10. The van der Waals surface area contributed by atoms with Gasteiger partial charge >= 0.3 is 24.0 Å². The molecule has 1 amide bonds. The Morgan fingerprint density at radius 3 is 1.48 bits per heavy atom. The van der Waals surface area contributed by atoms with Crippen LogP contribution in [0.5, 0.6) is 11.5 Å². The van der Waals surface area contributed by atoms with Gasteiger partial charge in [-0.2, -0.15) is 0 Å². The number of hydrogen-bond donors (Lipinski definition) is 2. The van der Waals surface area contributed by atoms with Crippen molar-refractivity contribution in [3.05, 3.63) is 131 Å². The van der Waals surface area contributed by atoms with Crippen LogP contribution in [0.15, 0.2) is 109 Å². The van der Waals surface area contributed by atoms with Gasteiger partial charge in [-0.15, -0.1) is 0 Å². The number of benzene rings is 4. The van der Waals surface area contributed by atoms with Gasteiger partial charge in [0.25, 0.3) is 0 Å². The molecule has 0 heterocycles. The highest BCUT2D eigenvalue weighted by Gasteiger charge is 2.42. The first-order chi connectivity index (χ1) is 25.9. The molecule has 0 aromatic heterocycles. The van der Waals surface area contributed by atoms with Gasteiger partial charge in [0, 0.05) is 0 Å². The Morgan fingerprint density at radius 1 is 0.611 bits per heavy atom. The first-order valence-electron chi connectivity index (χ1n) is 17.9. The van der Waals surface area contributed by atoms with E-state index in [0.717, 1.165) is 28.0 Å². The lowest BCUT2D eigenvalue weighted by molar-refractivity contribution is -0.167. The number of alkyl carbamates (subject to hydrolysis) is 1. The molecule has 0 fully saturated rings. The fourth-order valence-electron chi connectivity index (χ4n) is 5.31. The summed E-state index contributed by atoms with van der Waals surface area (Å²) in [6, 6.07) is 34.8. The molecule has 0 aliphatic rings. The quantitative estimate of drug-likeness (QED) is 0.0590. The van der Waals surface area contributed by atoms with Crippen LogP contribution in [-0.2, 0) is 54.6 Å². The third-order valence-corrected chi connectivity index (χ3v) is 8.70. The molecule has 0 saturated carbocycles. The maximum atomic E-state index is 12.4. The number of carboxylic acids is 1. The van der Waals surface area contributed by atoms with Crippen molar-refractivity contribution in [3.8, 4) is 11.5 Å². The van der Waals surface area contributed by atoms with Gasteiger partial charge < -0.3 is 34.1 Å². The number of carbonyl (C=O) groups is 4. The van der Waals surface area contributed by atoms with E-state index in [9.17, 15) is 24.3 Å².